The topological polar surface area (TPSA) is 69.6 Å². The van der Waals surface area contributed by atoms with Crippen LogP contribution in [0.25, 0.3) is 0 Å². The Labute approximate surface area is 127 Å². The van der Waals surface area contributed by atoms with E-state index in [0.29, 0.717) is 10.7 Å². The minimum absolute atomic E-state index is 0.0482. The van der Waals surface area contributed by atoms with Gasteiger partial charge in [-0.1, -0.05) is 17.7 Å². The third kappa shape index (κ3) is 5.30. The number of carbonyl (C=O) groups excluding carboxylic acids is 1. The number of hydrogen-bond acceptors (Lipinski definition) is 3. The lowest BCUT2D eigenvalue weighted by molar-refractivity contribution is -0.135. The van der Waals surface area contributed by atoms with E-state index in [1.807, 2.05) is 13.2 Å². The summed E-state index contributed by atoms with van der Waals surface area (Å²) in [6.07, 6.45) is 1.94. The molecule has 2 amide bonds. The van der Waals surface area contributed by atoms with Gasteiger partial charge in [-0.05, 0) is 31.4 Å². The van der Waals surface area contributed by atoms with Crippen molar-refractivity contribution in [3.05, 3.63) is 29.3 Å². The molecule has 0 spiro atoms. The first-order chi connectivity index (χ1) is 9.43. The largest absolute Gasteiger partial charge is 0.480 e. The molecule has 1 atom stereocenters. The van der Waals surface area contributed by atoms with E-state index in [4.69, 9.17) is 16.7 Å². The Morgan fingerprint density at radius 3 is 2.75 bits per heavy atom. The number of benzene rings is 1. The molecule has 1 rings (SSSR count). The zero-order chi connectivity index (χ0) is 15.1. The van der Waals surface area contributed by atoms with E-state index >= 15 is 0 Å². The Balaban J connectivity index is 2.89. The van der Waals surface area contributed by atoms with Gasteiger partial charge in [-0.2, -0.15) is 11.8 Å². The molecule has 0 aliphatic rings. The summed E-state index contributed by atoms with van der Waals surface area (Å²) in [7, 11) is 0. The van der Waals surface area contributed by atoms with Crippen LogP contribution in [0.4, 0.5) is 10.5 Å². The zero-order valence-electron chi connectivity index (χ0n) is 11.3. The highest BCUT2D eigenvalue weighted by Gasteiger charge is 2.20. The maximum absolute atomic E-state index is 12.2. The first-order valence-electron chi connectivity index (χ1n) is 5.98. The van der Waals surface area contributed by atoms with E-state index in [9.17, 15) is 9.59 Å². The van der Waals surface area contributed by atoms with E-state index in [1.165, 1.54) is 0 Å². The molecular weight excluding hydrogens is 300 g/mol. The monoisotopic (exact) mass is 316 g/mol. The van der Waals surface area contributed by atoms with E-state index in [1.54, 1.807) is 36.0 Å². The molecule has 0 fully saturated rings. The fourth-order valence-corrected chi connectivity index (χ4v) is 2.41. The van der Waals surface area contributed by atoms with Crippen LogP contribution in [0.2, 0.25) is 5.02 Å². The van der Waals surface area contributed by atoms with Crippen molar-refractivity contribution in [3.8, 4) is 0 Å². The molecule has 0 saturated carbocycles. The average Bonchev–Trinajstić information content (AvgIpc) is 2.35. The number of amides is 2. The molecule has 0 heterocycles. The number of aliphatic carboxylic acids is 1. The van der Waals surface area contributed by atoms with Crippen LogP contribution in [0, 0.1) is 0 Å². The number of carboxylic acids is 1. The molecule has 2 N–H and O–H groups in total. The number of rotatable bonds is 6. The smallest absolute Gasteiger partial charge is 0.323 e. The lowest BCUT2D eigenvalue weighted by Gasteiger charge is -2.23. The number of halogens is 1. The van der Waals surface area contributed by atoms with Crippen molar-refractivity contribution >= 4 is 41.1 Å². The minimum atomic E-state index is -1.09. The third-order valence-electron chi connectivity index (χ3n) is 2.44. The van der Waals surface area contributed by atoms with E-state index in [-0.39, 0.29) is 6.04 Å². The number of hydrogen-bond donors (Lipinski definition) is 2. The zero-order valence-corrected chi connectivity index (χ0v) is 12.9. The number of nitrogens with zero attached hydrogens (tertiary/aromatic N) is 1. The summed E-state index contributed by atoms with van der Waals surface area (Å²) in [4.78, 5) is 24.3. The maximum atomic E-state index is 12.2. The van der Waals surface area contributed by atoms with Gasteiger partial charge in [-0.25, -0.2) is 4.79 Å². The lowest BCUT2D eigenvalue weighted by Crippen LogP contribution is -2.46. The summed E-state index contributed by atoms with van der Waals surface area (Å²) in [5.74, 6) is -0.333. The molecule has 0 aliphatic carbocycles. The van der Waals surface area contributed by atoms with Gasteiger partial charge in [0.05, 0.1) is 0 Å². The Bertz CT molecular complexity index is 484. The van der Waals surface area contributed by atoms with Crippen LogP contribution in [0.1, 0.15) is 6.92 Å². The fourth-order valence-electron chi connectivity index (χ4n) is 1.64. The van der Waals surface area contributed by atoms with Gasteiger partial charge in [0, 0.05) is 22.5 Å². The van der Waals surface area contributed by atoms with Crippen LogP contribution < -0.4 is 10.2 Å². The average molecular weight is 317 g/mol. The van der Waals surface area contributed by atoms with Crippen LogP contribution in [0.15, 0.2) is 24.3 Å². The second-order valence-electron chi connectivity index (χ2n) is 4.27. The number of carboxylic acid groups (broad SMARTS) is 1. The Morgan fingerprint density at radius 2 is 2.20 bits per heavy atom. The number of urea groups is 1. The van der Waals surface area contributed by atoms with Crippen LogP contribution in [-0.4, -0.2) is 41.7 Å². The van der Waals surface area contributed by atoms with Crippen LogP contribution in [0.3, 0.4) is 0 Å². The van der Waals surface area contributed by atoms with Crippen molar-refractivity contribution in [2.45, 2.75) is 13.0 Å². The Kier molecular flexibility index (Phi) is 6.67. The normalized spacial score (nSPS) is 11.8. The van der Waals surface area contributed by atoms with Crippen molar-refractivity contribution in [1.29, 1.82) is 0 Å². The SMILES string of the molecule is CSCC(C)NC(=O)N(CC(=O)O)c1cccc(Cl)c1. The molecule has 0 bridgehead atoms. The van der Waals surface area contributed by atoms with Crippen LogP contribution in [-0.2, 0) is 4.79 Å². The summed E-state index contributed by atoms with van der Waals surface area (Å²) in [5, 5.41) is 12.2. The van der Waals surface area contributed by atoms with E-state index in [0.717, 1.165) is 10.7 Å². The standard InChI is InChI=1S/C13H17ClN2O3S/c1-9(8-20-2)15-13(19)16(7-12(17)18)11-5-3-4-10(14)6-11/h3-6,9H,7-8H2,1-2H3,(H,15,19)(H,17,18). The second-order valence-corrected chi connectivity index (χ2v) is 5.61. The minimum Gasteiger partial charge on any atom is -0.480 e. The molecule has 20 heavy (non-hydrogen) atoms. The molecule has 1 aromatic carbocycles. The lowest BCUT2D eigenvalue weighted by atomic mass is 10.3. The molecule has 0 aliphatic heterocycles. The summed E-state index contributed by atoms with van der Waals surface area (Å²) in [5.41, 5.74) is 0.453. The molecule has 0 aromatic heterocycles. The first kappa shape index (κ1) is 16.7. The summed E-state index contributed by atoms with van der Waals surface area (Å²) in [6.45, 7) is 1.45. The van der Waals surface area contributed by atoms with Gasteiger partial charge in [0.2, 0.25) is 0 Å². The van der Waals surface area contributed by atoms with Gasteiger partial charge >= 0.3 is 12.0 Å². The van der Waals surface area contributed by atoms with Crippen LogP contribution in [0.5, 0.6) is 0 Å². The predicted molar refractivity (Wildman–Crippen MR) is 82.8 cm³/mol. The van der Waals surface area contributed by atoms with E-state index in [2.05, 4.69) is 5.32 Å². The highest BCUT2D eigenvalue weighted by atomic mass is 35.5. The van der Waals surface area contributed by atoms with Crippen molar-refractivity contribution in [1.82, 2.24) is 5.32 Å². The predicted octanol–water partition coefficient (Wildman–Crippen LogP) is 2.69. The van der Waals surface area contributed by atoms with Gasteiger partial charge in [0.15, 0.2) is 0 Å². The quantitative estimate of drug-likeness (QED) is 0.846. The molecule has 7 heteroatoms. The molecular formula is C13H17ClN2O3S. The third-order valence-corrected chi connectivity index (χ3v) is 3.51. The van der Waals surface area contributed by atoms with Crippen molar-refractivity contribution < 1.29 is 14.7 Å². The van der Waals surface area contributed by atoms with Gasteiger partial charge in [0.1, 0.15) is 6.54 Å². The summed E-state index contributed by atoms with van der Waals surface area (Å²) in [6, 6.07) is 6.05. The highest BCUT2D eigenvalue weighted by molar-refractivity contribution is 7.98. The number of carbonyl (C=O) groups is 2. The summed E-state index contributed by atoms with van der Waals surface area (Å²) < 4.78 is 0. The first-order valence-corrected chi connectivity index (χ1v) is 7.75. The molecule has 1 unspecified atom stereocenters. The van der Waals surface area contributed by atoms with Gasteiger partial charge in [-0.3, -0.25) is 9.69 Å². The number of anilines is 1. The highest BCUT2D eigenvalue weighted by Crippen LogP contribution is 2.19. The number of thioether (sulfide) groups is 1. The molecule has 5 nitrogen and oxygen atoms in total. The Morgan fingerprint density at radius 1 is 1.50 bits per heavy atom. The molecule has 0 radical (unpaired) electrons. The van der Waals surface area contributed by atoms with Crippen LogP contribution >= 0.6 is 23.4 Å². The fraction of sp³-hybridized carbons (Fsp3) is 0.385. The summed E-state index contributed by atoms with van der Waals surface area (Å²) >= 11 is 7.48. The van der Waals surface area contributed by atoms with Crippen molar-refractivity contribution in [2.75, 3.05) is 23.5 Å². The molecule has 0 saturated heterocycles. The van der Waals surface area contributed by atoms with Gasteiger partial charge in [-0.15, -0.1) is 0 Å². The van der Waals surface area contributed by atoms with Gasteiger partial charge in [0.25, 0.3) is 0 Å². The van der Waals surface area contributed by atoms with Crippen molar-refractivity contribution in [3.63, 3.8) is 0 Å². The molecule has 1 aromatic rings. The number of nitrogens with one attached hydrogen (secondary N) is 1. The second kappa shape index (κ2) is 8.01. The maximum Gasteiger partial charge on any atom is 0.323 e. The van der Waals surface area contributed by atoms with E-state index < -0.39 is 18.5 Å². The Hall–Kier alpha value is -1.40. The van der Waals surface area contributed by atoms with Gasteiger partial charge < -0.3 is 10.4 Å². The molecule has 110 valence electrons. The van der Waals surface area contributed by atoms with Crippen molar-refractivity contribution in [2.24, 2.45) is 0 Å².